The van der Waals surface area contributed by atoms with E-state index in [2.05, 4.69) is 47.9 Å². The lowest BCUT2D eigenvalue weighted by molar-refractivity contribution is 0.442. The van der Waals surface area contributed by atoms with E-state index in [0.29, 0.717) is 6.04 Å². The van der Waals surface area contributed by atoms with Gasteiger partial charge in [-0.3, -0.25) is 4.99 Å². The van der Waals surface area contributed by atoms with Crippen molar-refractivity contribution >= 4 is 16.6 Å². The maximum absolute atomic E-state index is 5.73. The predicted octanol–water partition coefficient (Wildman–Crippen LogP) is 3.38. The summed E-state index contributed by atoms with van der Waals surface area (Å²) in [5.74, 6) is 6.55. The van der Waals surface area contributed by atoms with Crippen LogP contribution >= 0.6 is 0 Å². The van der Waals surface area contributed by atoms with Crippen molar-refractivity contribution in [2.75, 3.05) is 0 Å². The van der Waals surface area contributed by atoms with Gasteiger partial charge in [-0.1, -0.05) is 61.7 Å². The SMILES string of the molecule is NNC(=NC1CCCCC1)c1cccc2ccccc12. The second kappa shape index (κ2) is 6.06. The lowest BCUT2D eigenvalue weighted by Gasteiger charge is -2.19. The van der Waals surface area contributed by atoms with Gasteiger partial charge < -0.3 is 5.43 Å². The quantitative estimate of drug-likeness (QED) is 0.379. The number of rotatable bonds is 2. The highest BCUT2D eigenvalue weighted by Crippen LogP contribution is 2.23. The number of amidine groups is 1. The minimum Gasteiger partial charge on any atom is -0.308 e. The highest BCUT2D eigenvalue weighted by Gasteiger charge is 2.14. The van der Waals surface area contributed by atoms with E-state index in [0.717, 1.165) is 11.4 Å². The van der Waals surface area contributed by atoms with Gasteiger partial charge in [0.05, 0.1) is 6.04 Å². The lowest BCUT2D eigenvalue weighted by Crippen LogP contribution is -2.33. The third kappa shape index (κ3) is 2.68. The molecule has 1 fully saturated rings. The molecule has 0 atom stereocenters. The highest BCUT2D eigenvalue weighted by atomic mass is 15.3. The maximum Gasteiger partial charge on any atom is 0.143 e. The van der Waals surface area contributed by atoms with E-state index in [9.17, 15) is 0 Å². The Balaban J connectivity index is 2.00. The van der Waals surface area contributed by atoms with Crippen molar-refractivity contribution in [2.24, 2.45) is 10.8 Å². The normalized spacial score (nSPS) is 17.4. The van der Waals surface area contributed by atoms with Gasteiger partial charge in [-0.15, -0.1) is 0 Å². The van der Waals surface area contributed by atoms with Crippen LogP contribution in [0.1, 0.15) is 37.7 Å². The molecular formula is C17H21N3. The summed E-state index contributed by atoms with van der Waals surface area (Å²) in [4.78, 5) is 4.85. The molecule has 0 radical (unpaired) electrons. The van der Waals surface area contributed by atoms with Crippen molar-refractivity contribution < 1.29 is 0 Å². The molecule has 104 valence electrons. The standard InChI is InChI=1S/C17H21N3/c18-20-17(19-14-9-2-1-3-10-14)16-12-6-8-13-7-4-5-11-15(13)16/h4-8,11-12,14H,1-3,9-10,18H2,(H,19,20). The molecule has 3 N–H and O–H groups in total. The molecular weight excluding hydrogens is 246 g/mol. The average Bonchev–Trinajstić information content (AvgIpc) is 2.53. The molecule has 2 aromatic carbocycles. The first-order valence-electron chi connectivity index (χ1n) is 7.41. The van der Waals surface area contributed by atoms with Gasteiger partial charge in [0, 0.05) is 5.56 Å². The highest BCUT2D eigenvalue weighted by molar-refractivity contribution is 6.09. The van der Waals surface area contributed by atoms with Gasteiger partial charge in [-0.25, -0.2) is 5.84 Å². The van der Waals surface area contributed by atoms with Gasteiger partial charge in [0.2, 0.25) is 0 Å². The van der Waals surface area contributed by atoms with Crippen LogP contribution in [0.25, 0.3) is 10.8 Å². The first kappa shape index (κ1) is 13.1. The molecule has 20 heavy (non-hydrogen) atoms. The zero-order chi connectivity index (χ0) is 13.8. The predicted molar refractivity (Wildman–Crippen MR) is 84.7 cm³/mol. The van der Waals surface area contributed by atoms with Gasteiger partial charge >= 0.3 is 0 Å². The molecule has 0 saturated heterocycles. The molecule has 2 aromatic rings. The second-order valence-electron chi connectivity index (χ2n) is 5.44. The summed E-state index contributed by atoms with van der Waals surface area (Å²) in [6.07, 6.45) is 6.25. The minimum absolute atomic E-state index is 0.411. The van der Waals surface area contributed by atoms with E-state index in [1.54, 1.807) is 0 Å². The van der Waals surface area contributed by atoms with Crippen LogP contribution in [0.2, 0.25) is 0 Å². The monoisotopic (exact) mass is 267 g/mol. The fraction of sp³-hybridized carbons (Fsp3) is 0.353. The van der Waals surface area contributed by atoms with Gasteiger partial charge in [-0.05, 0) is 23.6 Å². The Kier molecular flexibility index (Phi) is 3.97. The largest absolute Gasteiger partial charge is 0.308 e. The lowest BCUT2D eigenvalue weighted by atomic mass is 9.96. The fourth-order valence-corrected chi connectivity index (χ4v) is 3.01. The smallest absolute Gasteiger partial charge is 0.143 e. The van der Waals surface area contributed by atoms with Crippen molar-refractivity contribution in [2.45, 2.75) is 38.1 Å². The van der Waals surface area contributed by atoms with Gasteiger partial charge in [0.1, 0.15) is 5.84 Å². The van der Waals surface area contributed by atoms with Crippen LogP contribution in [0.4, 0.5) is 0 Å². The molecule has 0 aromatic heterocycles. The molecule has 3 rings (SSSR count). The molecule has 3 heteroatoms. The molecule has 3 nitrogen and oxygen atoms in total. The molecule has 0 amide bonds. The van der Waals surface area contributed by atoms with Crippen molar-refractivity contribution in [1.82, 2.24) is 5.43 Å². The Bertz CT molecular complexity index is 607. The molecule has 0 bridgehead atoms. The summed E-state index contributed by atoms with van der Waals surface area (Å²) in [6.45, 7) is 0. The van der Waals surface area contributed by atoms with Crippen molar-refractivity contribution in [3.05, 3.63) is 48.0 Å². The molecule has 1 aliphatic rings. The van der Waals surface area contributed by atoms with Gasteiger partial charge in [-0.2, -0.15) is 0 Å². The number of nitrogens with one attached hydrogen (secondary N) is 1. The number of nitrogens with two attached hydrogens (primary N) is 1. The third-order valence-corrected chi connectivity index (χ3v) is 4.07. The van der Waals surface area contributed by atoms with Crippen molar-refractivity contribution in [1.29, 1.82) is 0 Å². The van der Waals surface area contributed by atoms with E-state index in [1.807, 2.05) is 0 Å². The van der Waals surface area contributed by atoms with Gasteiger partial charge in [0.15, 0.2) is 0 Å². The van der Waals surface area contributed by atoms with Crippen LogP contribution in [-0.4, -0.2) is 11.9 Å². The first-order valence-corrected chi connectivity index (χ1v) is 7.41. The Labute approximate surface area is 119 Å². The van der Waals surface area contributed by atoms with Crippen molar-refractivity contribution in [3.63, 3.8) is 0 Å². The maximum atomic E-state index is 5.73. The minimum atomic E-state index is 0.411. The van der Waals surface area contributed by atoms with Crippen LogP contribution in [0.5, 0.6) is 0 Å². The van der Waals surface area contributed by atoms with Crippen molar-refractivity contribution in [3.8, 4) is 0 Å². The number of hydrogen-bond acceptors (Lipinski definition) is 2. The van der Waals surface area contributed by atoms with E-state index < -0.39 is 0 Å². The number of hydrogen-bond donors (Lipinski definition) is 2. The number of fused-ring (bicyclic) bond motifs is 1. The summed E-state index contributed by atoms with van der Waals surface area (Å²) < 4.78 is 0. The summed E-state index contributed by atoms with van der Waals surface area (Å²) in [6, 6.07) is 15.0. The third-order valence-electron chi connectivity index (χ3n) is 4.07. The Morgan fingerprint density at radius 1 is 1.00 bits per heavy atom. The Morgan fingerprint density at radius 2 is 1.75 bits per heavy atom. The van der Waals surface area contributed by atoms with E-state index >= 15 is 0 Å². The molecule has 1 saturated carbocycles. The summed E-state index contributed by atoms with van der Waals surface area (Å²) >= 11 is 0. The number of benzene rings is 2. The van der Waals surface area contributed by atoms with Crippen LogP contribution in [0.15, 0.2) is 47.5 Å². The number of nitrogens with zero attached hydrogens (tertiary/aromatic N) is 1. The van der Waals surface area contributed by atoms with E-state index in [4.69, 9.17) is 10.8 Å². The molecule has 1 aliphatic carbocycles. The second-order valence-corrected chi connectivity index (χ2v) is 5.44. The first-order chi connectivity index (χ1) is 9.88. The zero-order valence-corrected chi connectivity index (χ0v) is 11.7. The molecule has 0 heterocycles. The zero-order valence-electron chi connectivity index (χ0n) is 11.7. The Morgan fingerprint density at radius 3 is 2.55 bits per heavy atom. The molecule has 0 aliphatic heterocycles. The number of aliphatic imine (C=N–C) groups is 1. The van der Waals surface area contributed by atoms with Crippen LogP contribution in [0.3, 0.4) is 0 Å². The van der Waals surface area contributed by atoms with E-state index in [-0.39, 0.29) is 0 Å². The fourth-order valence-electron chi connectivity index (χ4n) is 3.01. The summed E-state index contributed by atoms with van der Waals surface area (Å²) in [5.41, 5.74) is 3.90. The van der Waals surface area contributed by atoms with Crippen LogP contribution in [-0.2, 0) is 0 Å². The summed E-state index contributed by atoms with van der Waals surface area (Å²) in [7, 11) is 0. The average molecular weight is 267 g/mol. The van der Waals surface area contributed by atoms with Gasteiger partial charge in [0.25, 0.3) is 0 Å². The number of hydrazine groups is 1. The summed E-state index contributed by atoms with van der Waals surface area (Å²) in [5, 5.41) is 2.42. The Hall–Kier alpha value is -1.87. The molecule has 0 spiro atoms. The van der Waals surface area contributed by atoms with Crippen LogP contribution < -0.4 is 11.3 Å². The van der Waals surface area contributed by atoms with E-state index in [1.165, 1.54) is 42.9 Å². The van der Waals surface area contributed by atoms with Crippen LogP contribution in [0, 0.1) is 0 Å². The molecule has 0 unspecified atom stereocenters. The topological polar surface area (TPSA) is 50.4 Å².